The Balaban J connectivity index is 1.85. The highest BCUT2D eigenvalue weighted by molar-refractivity contribution is 5.78. The SMILES string of the molecule is CC(=O)C1CCN(C2CC(C)CC(C)C2)CC1. The molecule has 17 heavy (non-hydrogen) atoms. The summed E-state index contributed by atoms with van der Waals surface area (Å²) in [5.41, 5.74) is 0. The normalized spacial score (nSPS) is 37.0. The minimum atomic E-state index is 0.352. The molecule has 1 saturated carbocycles. The van der Waals surface area contributed by atoms with E-state index < -0.39 is 0 Å². The Bertz CT molecular complexity index is 258. The van der Waals surface area contributed by atoms with Crippen LogP contribution in [0.1, 0.15) is 52.9 Å². The van der Waals surface area contributed by atoms with E-state index >= 15 is 0 Å². The van der Waals surface area contributed by atoms with Crippen molar-refractivity contribution in [3.63, 3.8) is 0 Å². The molecule has 1 heterocycles. The van der Waals surface area contributed by atoms with Crippen LogP contribution in [0.2, 0.25) is 0 Å². The first-order chi connectivity index (χ1) is 8.06. The van der Waals surface area contributed by atoms with Crippen LogP contribution in [0.3, 0.4) is 0 Å². The summed E-state index contributed by atoms with van der Waals surface area (Å²) in [6.07, 6.45) is 6.33. The first-order valence-electron chi connectivity index (χ1n) is 7.30. The fraction of sp³-hybridized carbons (Fsp3) is 0.933. The van der Waals surface area contributed by atoms with Gasteiger partial charge in [0, 0.05) is 12.0 Å². The highest BCUT2D eigenvalue weighted by Crippen LogP contribution is 2.33. The quantitative estimate of drug-likeness (QED) is 0.735. The van der Waals surface area contributed by atoms with Gasteiger partial charge < -0.3 is 4.90 Å². The molecule has 0 bridgehead atoms. The molecule has 2 fully saturated rings. The maximum absolute atomic E-state index is 11.4. The summed E-state index contributed by atoms with van der Waals surface area (Å²) in [4.78, 5) is 14.0. The maximum Gasteiger partial charge on any atom is 0.133 e. The lowest BCUT2D eigenvalue weighted by molar-refractivity contribution is -0.122. The number of hydrogen-bond donors (Lipinski definition) is 0. The minimum absolute atomic E-state index is 0.352. The largest absolute Gasteiger partial charge is 0.300 e. The number of nitrogens with zero attached hydrogens (tertiary/aromatic N) is 1. The number of piperidine rings is 1. The van der Waals surface area contributed by atoms with Crippen LogP contribution in [-0.2, 0) is 4.79 Å². The van der Waals surface area contributed by atoms with Crippen molar-refractivity contribution in [1.29, 1.82) is 0 Å². The van der Waals surface area contributed by atoms with Crippen molar-refractivity contribution < 1.29 is 4.79 Å². The number of rotatable bonds is 2. The third-order valence-corrected chi connectivity index (χ3v) is 4.77. The molecule has 0 aromatic heterocycles. The first kappa shape index (κ1) is 13.1. The topological polar surface area (TPSA) is 20.3 Å². The van der Waals surface area contributed by atoms with Crippen LogP contribution >= 0.6 is 0 Å². The van der Waals surface area contributed by atoms with Gasteiger partial charge in [-0.05, 0) is 64.0 Å². The third kappa shape index (κ3) is 3.31. The summed E-state index contributed by atoms with van der Waals surface area (Å²) in [6, 6.07) is 0.793. The van der Waals surface area contributed by atoms with Crippen LogP contribution in [0.5, 0.6) is 0 Å². The lowest BCUT2D eigenvalue weighted by Crippen LogP contribution is -2.45. The molecule has 1 aliphatic heterocycles. The molecule has 0 aromatic carbocycles. The molecular weight excluding hydrogens is 210 g/mol. The highest BCUT2D eigenvalue weighted by atomic mass is 16.1. The van der Waals surface area contributed by atoms with Gasteiger partial charge >= 0.3 is 0 Å². The zero-order valence-corrected chi connectivity index (χ0v) is 11.6. The lowest BCUT2D eigenvalue weighted by Gasteiger charge is -2.42. The Kier molecular flexibility index (Phi) is 4.24. The van der Waals surface area contributed by atoms with Gasteiger partial charge in [0.1, 0.15) is 5.78 Å². The molecule has 0 aromatic rings. The molecule has 2 aliphatic rings. The Morgan fingerprint density at radius 2 is 1.53 bits per heavy atom. The lowest BCUT2D eigenvalue weighted by atomic mass is 9.79. The van der Waals surface area contributed by atoms with Crippen molar-refractivity contribution in [1.82, 2.24) is 4.90 Å². The zero-order chi connectivity index (χ0) is 12.4. The van der Waals surface area contributed by atoms with Crippen molar-refractivity contribution >= 4 is 5.78 Å². The van der Waals surface area contributed by atoms with Gasteiger partial charge in [0.25, 0.3) is 0 Å². The fourth-order valence-electron chi connectivity index (χ4n) is 3.87. The Morgan fingerprint density at radius 3 is 2.00 bits per heavy atom. The standard InChI is InChI=1S/C15H27NO/c1-11-8-12(2)10-15(9-11)16-6-4-14(5-7-16)13(3)17/h11-12,14-15H,4-10H2,1-3H3. The van der Waals surface area contributed by atoms with Gasteiger partial charge in [-0.3, -0.25) is 4.79 Å². The molecule has 98 valence electrons. The van der Waals surface area contributed by atoms with E-state index in [0.29, 0.717) is 11.7 Å². The molecule has 2 unspecified atom stereocenters. The van der Waals surface area contributed by atoms with Gasteiger partial charge in [0.05, 0.1) is 0 Å². The van der Waals surface area contributed by atoms with Crippen LogP contribution in [-0.4, -0.2) is 29.8 Å². The van der Waals surface area contributed by atoms with Gasteiger partial charge in [-0.2, -0.15) is 0 Å². The van der Waals surface area contributed by atoms with E-state index in [0.717, 1.165) is 43.8 Å². The van der Waals surface area contributed by atoms with Crippen LogP contribution in [0.15, 0.2) is 0 Å². The van der Waals surface area contributed by atoms with E-state index in [4.69, 9.17) is 0 Å². The summed E-state index contributed by atoms with van der Waals surface area (Å²) in [6.45, 7) is 8.84. The van der Waals surface area contributed by atoms with E-state index in [-0.39, 0.29) is 0 Å². The van der Waals surface area contributed by atoms with Gasteiger partial charge in [-0.25, -0.2) is 0 Å². The van der Waals surface area contributed by atoms with Crippen molar-refractivity contribution in [2.45, 2.75) is 58.9 Å². The number of carbonyl (C=O) groups is 1. The van der Waals surface area contributed by atoms with Crippen LogP contribution < -0.4 is 0 Å². The second-order valence-corrected chi connectivity index (χ2v) is 6.49. The molecule has 2 heteroatoms. The molecular formula is C15H27NO. The van der Waals surface area contributed by atoms with Gasteiger partial charge in [-0.1, -0.05) is 13.8 Å². The first-order valence-corrected chi connectivity index (χ1v) is 7.30. The Labute approximate surface area is 106 Å². The Hall–Kier alpha value is -0.370. The van der Waals surface area contributed by atoms with E-state index in [2.05, 4.69) is 18.7 Å². The molecule has 1 saturated heterocycles. The predicted octanol–water partition coefficient (Wildman–Crippen LogP) is 3.11. The second-order valence-electron chi connectivity index (χ2n) is 6.49. The minimum Gasteiger partial charge on any atom is -0.300 e. The fourth-order valence-corrected chi connectivity index (χ4v) is 3.87. The predicted molar refractivity (Wildman–Crippen MR) is 70.9 cm³/mol. The molecule has 0 radical (unpaired) electrons. The van der Waals surface area contributed by atoms with Crippen LogP contribution in [0.4, 0.5) is 0 Å². The van der Waals surface area contributed by atoms with Crippen LogP contribution in [0.25, 0.3) is 0 Å². The molecule has 0 N–H and O–H groups in total. The van der Waals surface area contributed by atoms with Crippen LogP contribution in [0, 0.1) is 17.8 Å². The number of ketones is 1. The molecule has 1 aliphatic carbocycles. The van der Waals surface area contributed by atoms with Crippen molar-refractivity contribution in [2.24, 2.45) is 17.8 Å². The van der Waals surface area contributed by atoms with E-state index in [1.54, 1.807) is 6.92 Å². The van der Waals surface area contributed by atoms with Gasteiger partial charge in [-0.15, -0.1) is 0 Å². The highest BCUT2D eigenvalue weighted by Gasteiger charge is 2.31. The van der Waals surface area contributed by atoms with Crippen molar-refractivity contribution in [3.8, 4) is 0 Å². The van der Waals surface area contributed by atoms with E-state index in [9.17, 15) is 4.79 Å². The summed E-state index contributed by atoms with van der Waals surface area (Å²) < 4.78 is 0. The molecule has 2 atom stereocenters. The summed E-state index contributed by atoms with van der Waals surface area (Å²) in [5, 5.41) is 0. The number of Topliss-reactive ketones (excluding diaryl/α,β-unsaturated/α-hetero) is 1. The van der Waals surface area contributed by atoms with Crippen molar-refractivity contribution in [2.75, 3.05) is 13.1 Å². The monoisotopic (exact) mass is 237 g/mol. The summed E-state index contributed by atoms with van der Waals surface area (Å²) in [7, 11) is 0. The number of hydrogen-bond acceptors (Lipinski definition) is 2. The second kappa shape index (κ2) is 5.51. The maximum atomic E-state index is 11.4. The van der Waals surface area contributed by atoms with Gasteiger partial charge in [0.2, 0.25) is 0 Å². The smallest absolute Gasteiger partial charge is 0.133 e. The average Bonchev–Trinajstić information content (AvgIpc) is 2.28. The van der Waals surface area contributed by atoms with E-state index in [1.165, 1.54) is 19.3 Å². The summed E-state index contributed by atoms with van der Waals surface area (Å²) >= 11 is 0. The number of carbonyl (C=O) groups excluding carboxylic acids is 1. The molecule has 2 rings (SSSR count). The summed E-state index contributed by atoms with van der Waals surface area (Å²) in [5.74, 6) is 2.52. The molecule has 0 amide bonds. The Morgan fingerprint density at radius 1 is 1.00 bits per heavy atom. The van der Waals surface area contributed by atoms with Crippen molar-refractivity contribution in [3.05, 3.63) is 0 Å². The number of likely N-dealkylation sites (tertiary alicyclic amines) is 1. The van der Waals surface area contributed by atoms with Gasteiger partial charge in [0.15, 0.2) is 0 Å². The average molecular weight is 237 g/mol. The van der Waals surface area contributed by atoms with E-state index in [1.807, 2.05) is 0 Å². The third-order valence-electron chi connectivity index (χ3n) is 4.77. The molecule has 2 nitrogen and oxygen atoms in total. The zero-order valence-electron chi connectivity index (χ0n) is 11.6. The molecule has 0 spiro atoms.